The number of alkyl halides is 1. The van der Waals surface area contributed by atoms with E-state index in [0.29, 0.717) is 6.10 Å². The Morgan fingerprint density at radius 2 is 2.08 bits per heavy atom. The Bertz CT molecular complexity index is 113. The van der Waals surface area contributed by atoms with E-state index < -0.39 is 0 Å². The first-order chi connectivity index (χ1) is 5.86. The summed E-state index contributed by atoms with van der Waals surface area (Å²) >= 11 is 5.63. The van der Waals surface area contributed by atoms with Crippen molar-refractivity contribution in [3.63, 3.8) is 0 Å². The average Bonchev–Trinajstić information content (AvgIpc) is 2.15. The Labute approximate surface area is 79.8 Å². The zero-order chi connectivity index (χ0) is 8.81. The smallest absolute Gasteiger partial charge is 0.0595 e. The molecule has 1 aliphatic rings. The van der Waals surface area contributed by atoms with Gasteiger partial charge in [0.15, 0.2) is 0 Å². The molecule has 0 aromatic heterocycles. The van der Waals surface area contributed by atoms with Crippen LogP contribution in [-0.4, -0.2) is 43.6 Å². The number of ether oxygens (including phenoxy) is 1. The second-order valence-electron chi connectivity index (χ2n) is 3.32. The van der Waals surface area contributed by atoms with E-state index in [-0.39, 0.29) is 0 Å². The molecular formula is C9H18ClNO. The molecule has 1 rings (SSSR count). The molecule has 72 valence electrons. The van der Waals surface area contributed by atoms with Crippen LogP contribution in [0.3, 0.4) is 0 Å². The van der Waals surface area contributed by atoms with Crippen LogP contribution in [-0.2, 0) is 4.74 Å². The Balaban J connectivity index is 2.09. The largest absolute Gasteiger partial charge is 0.381 e. The molecule has 1 fully saturated rings. The first-order valence-electron chi connectivity index (χ1n) is 4.68. The SMILES string of the molecule is COC1CCN(CCCCl)CC1. The molecule has 0 radical (unpaired) electrons. The van der Waals surface area contributed by atoms with Crippen molar-refractivity contribution < 1.29 is 4.74 Å². The predicted octanol–water partition coefficient (Wildman–Crippen LogP) is 1.73. The minimum atomic E-state index is 0.497. The van der Waals surface area contributed by atoms with Gasteiger partial charge >= 0.3 is 0 Å². The zero-order valence-electron chi connectivity index (χ0n) is 7.76. The molecule has 1 saturated heterocycles. The van der Waals surface area contributed by atoms with Gasteiger partial charge in [0.2, 0.25) is 0 Å². The van der Waals surface area contributed by atoms with Crippen LogP contribution in [0, 0.1) is 0 Å². The van der Waals surface area contributed by atoms with E-state index in [9.17, 15) is 0 Å². The van der Waals surface area contributed by atoms with Gasteiger partial charge in [0.1, 0.15) is 0 Å². The monoisotopic (exact) mass is 191 g/mol. The Morgan fingerprint density at radius 3 is 2.58 bits per heavy atom. The summed E-state index contributed by atoms with van der Waals surface area (Å²) < 4.78 is 5.29. The van der Waals surface area contributed by atoms with Gasteiger partial charge in [-0.05, 0) is 25.8 Å². The first-order valence-corrected chi connectivity index (χ1v) is 5.21. The maximum Gasteiger partial charge on any atom is 0.0595 e. The summed E-state index contributed by atoms with van der Waals surface area (Å²) in [7, 11) is 1.80. The molecule has 2 nitrogen and oxygen atoms in total. The molecule has 0 unspecified atom stereocenters. The van der Waals surface area contributed by atoms with Gasteiger partial charge in [0, 0.05) is 26.1 Å². The summed E-state index contributed by atoms with van der Waals surface area (Å²) in [6, 6.07) is 0. The van der Waals surface area contributed by atoms with Crippen LogP contribution in [0.4, 0.5) is 0 Å². The number of nitrogens with zero attached hydrogens (tertiary/aromatic N) is 1. The van der Waals surface area contributed by atoms with E-state index in [1.165, 1.54) is 25.9 Å². The van der Waals surface area contributed by atoms with Gasteiger partial charge < -0.3 is 9.64 Å². The summed E-state index contributed by atoms with van der Waals surface area (Å²) in [5, 5.41) is 0. The normalized spacial score (nSPS) is 21.5. The fourth-order valence-corrected chi connectivity index (χ4v) is 1.77. The van der Waals surface area contributed by atoms with Crippen LogP contribution >= 0.6 is 11.6 Å². The molecule has 0 saturated carbocycles. The minimum absolute atomic E-state index is 0.497. The third kappa shape index (κ3) is 3.30. The third-order valence-corrected chi connectivity index (χ3v) is 2.74. The van der Waals surface area contributed by atoms with E-state index in [0.717, 1.165) is 18.8 Å². The van der Waals surface area contributed by atoms with E-state index in [4.69, 9.17) is 16.3 Å². The fourth-order valence-electron chi connectivity index (χ4n) is 1.65. The first kappa shape index (κ1) is 10.3. The molecule has 0 atom stereocenters. The summed E-state index contributed by atoms with van der Waals surface area (Å²) in [6.07, 6.45) is 3.97. The van der Waals surface area contributed by atoms with Crippen molar-refractivity contribution in [3.05, 3.63) is 0 Å². The van der Waals surface area contributed by atoms with Gasteiger partial charge in [-0.2, -0.15) is 0 Å². The lowest BCUT2D eigenvalue weighted by Crippen LogP contribution is -2.37. The van der Waals surface area contributed by atoms with Gasteiger partial charge in [0.25, 0.3) is 0 Å². The molecule has 1 aliphatic heterocycles. The van der Waals surface area contributed by atoms with Crippen molar-refractivity contribution >= 4 is 11.6 Å². The van der Waals surface area contributed by atoms with E-state index in [1.54, 1.807) is 7.11 Å². The van der Waals surface area contributed by atoms with Crippen molar-refractivity contribution in [1.29, 1.82) is 0 Å². The highest BCUT2D eigenvalue weighted by molar-refractivity contribution is 6.17. The topological polar surface area (TPSA) is 12.5 Å². The highest BCUT2D eigenvalue weighted by atomic mass is 35.5. The van der Waals surface area contributed by atoms with Gasteiger partial charge in [-0.25, -0.2) is 0 Å². The Kier molecular flexibility index (Phi) is 4.96. The lowest BCUT2D eigenvalue weighted by molar-refractivity contribution is 0.0413. The molecule has 0 aromatic rings. The summed E-state index contributed by atoms with van der Waals surface area (Å²) in [4.78, 5) is 2.47. The van der Waals surface area contributed by atoms with E-state index >= 15 is 0 Å². The van der Waals surface area contributed by atoms with Gasteiger partial charge in [-0.15, -0.1) is 11.6 Å². The van der Waals surface area contributed by atoms with Crippen LogP contribution in [0.2, 0.25) is 0 Å². The minimum Gasteiger partial charge on any atom is -0.381 e. The number of likely N-dealkylation sites (tertiary alicyclic amines) is 1. The maximum atomic E-state index is 5.63. The number of piperidine rings is 1. The molecule has 0 spiro atoms. The zero-order valence-corrected chi connectivity index (χ0v) is 8.52. The molecule has 0 aliphatic carbocycles. The van der Waals surface area contributed by atoms with Crippen LogP contribution in [0.5, 0.6) is 0 Å². The number of hydrogen-bond donors (Lipinski definition) is 0. The molecule has 3 heteroatoms. The molecule has 0 bridgehead atoms. The van der Waals surface area contributed by atoms with Crippen LogP contribution < -0.4 is 0 Å². The summed E-state index contributed by atoms with van der Waals surface area (Å²) in [6.45, 7) is 3.50. The lowest BCUT2D eigenvalue weighted by atomic mass is 10.1. The number of halogens is 1. The molecular weight excluding hydrogens is 174 g/mol. The van der Waals surface area contributed by atoms with E-state index in [1.807, 2.05) is 0 Å². The van der Waals surface area contributed by atoms with Crippen LogP contribution in [0.15, 0.2) is 0 Å². The fraction of sp³-hybridized carbons (Fsp3) is 1.00. The van der Waals surface area contributed by atoms with Crippen molar-refractivity contribution in [2.24, 2.45) is 0 Å². The van der Waals surface area contributed by atoms with Crippen molar-refractivity contribution in [2.75, 3.05) is 32.6 Å². The third-order valence-electron chi connectivity index (χ3n) is 2.48. The number of rotatable bonds is 4. The van der Waals surface area contributed by atoms with Crippen molar-refractivity contribution in [3.8, 4) is 0 Å². The average molecular weight is 192 g/mol. The second-order valence-corrected chi connectivity index (χ2v) is 3.70. The molecule has 1 heterocycles. The second kappa shape index (κ2) is 5.79. The lowest BCUT2D eigenvalue weighted by Gasteiger charge is -2.30. The van der Waals surface area contributed by atoms with Crippen LogP contribution in [0.1, 0.15) is 19.3 Å². The number of hydrogen-bond acceptors (Lipinski definition) is 2. The number of methoxy groups -OCH3 is 1. The van der Waals surface area contributed by atoms with Gasteiger partial charge in [0.05, 0.1) is 6.10 Å². The van der Waals surface area contributed by atoms with Crippen LogP contribution in [0.25, 0.3) is 0 Å². The molecule has 0 amide bonds. The highest BCUT2D eigenvalue weighted by Crippen LogP contribution is 2.12. The molecule has 0 aromatic carbocycles. The summed E-state index contributed by atoms with van der Waals surface area (Å²) in [5.41, 5.74) is 0. The highest BCUT2D eigenvalue weighted by Gasteiger charge is 2.17. The van der Waals surface area contributed by atoms with Crippen molar-refractivity contribution in [1.82, 2.24) is 4.90 Å². The Morgan fingerprint density at radius 1 is 1.42 bits per heavy atom. The predicted molar refractivity (Wildman–Crippen MR) is 51.8 cm³/mol. The van der Waals surface area contributed by atoms with Gasteiger partial charge in [-0.1, -0.05) is 0 Å². The maximum absolute atomic E-state index is 5.63. The van der Waals surface area contributed by atoms with Gasteiger partial charge in [-0.3, -0.25) is 0 Å². The molecule has 12 heavy (non-hydrogen) atoms. The Hall–Kier alpha value is 0.210. The quantitative estimate of drug-likeness (QED) is 0.628. The molecule has 0 N–H and O–H groups in total. The standard InChI is InChI=1S/C9H18ClNO/c1-12-9-3-7-11(8-4-9)6-2-5-10/h9H,2-8H2,1H3. The van der Waals surface area contributed by atoms with E-state index in [2.05, 4.69) is 4.90 Å². The summed E-state index contributed by atoms with van der Waals surface area (Å²) in [5.74, 6) is 0.782. The van der Waals surface area contributed by atoms with Crippen molar-refractivity contribution in [2.45, 2.75) is 25.4 Å².